The lowest BCUT2D eigenvalue weighted by molar-refractivity contribution is 0.255. The highest BCUT2D eigenvalue weighted by Crippen LogP contribution is 2.40. The first-order valence-corrected chi connectivity index (χ1v) is 13.2. The van der Waals surface area contributed by atoms with Gasteiger partial charge in [-0.3, -0.25) is 9.89 Å². The Hall–Kier alpha value is -4.09. The van der Waals surface area contributed by atoms with Crippen LogP contribution < -0.4 is 14.4 Å². The van der Waals surface area contributed by atoms with Crippen molar-refractivity contribution < 1.29 is 9.47 Å². The van der Waals surface area contributed by atoms with Gasteiger partial charge < -0.3 is 14.4 Å². The average molecular weight is 504 g/mol. The molecule has 0 bridgehead atoms. The maximum absolute atomic E-state index is 5.53. The van der Waals surface area contributed by atoms with Crippen LogP contribution in [0.2, 0.25) is 0 Å². The van der Waals surface area contributed by atoms with E-state index in [1.54, 1.807) is 14.2 Å². The van der Waals surface area contributed by atoms with Crippen LogP contribution in [0.4, 0.5) is 11.4 Å². The number of fused-ring (bicyclic) bond motifs is 2. The predicted octanol–water partition coefficient (Wildman–Crippen LogP) is 6.57. The van der Waals surface area contributed by atoms with E-state index in [1.165, 1.54) is 27.9 Å². The van der Waals surface area contributed by atoms with Crippen molar-refractivity contribution in [3.63, 3.8) is 0 Å². The van der Waals surface area contributed by atoms with E-state index in [0.717, 1.165) is 55.2 Å². The molecule has 0 N–H and O–H groups in total. The van der Waals surface area contributed by atoms with Crippen LogP contribution in [0.5, 0.6) is 11.5 Å². The van der Waals surface area contributed by atoms with Crippen LogP contribution in [0.3, 0.4) is 0 Å². The average Bonchev–Trinajstić information content (AvgIpc) is 2.99. The Balaban J connectivity index is 1.17. The second-order valence-electron chi connectivity index (χ2n) is 9.91. The number of hydrogen-bond acceptors (Lipinski definition) is 5. The van der Waals surface area contributed by atoms with Crippen molar-refractivity contribution in [1.82, 2.24) is 4.90 Å². The molecule has 0 amide bonds. The number of benzene rings is 4. The summed E-state index contributed by atoms with van der Waals surface area (Å²) in [5, 5.41) is 0. The van der Waals surface area contributed by atoms with Crippen molar-refractivity contribution in [1.29, 1.82) is 0 Å². The molecule has 2 aliphatic rings. The fourth-order valence-electron chi connectivity index (χ4n) is 5.55. The highest BCUT2D eigenvalue weighted by molar-refractivity contribution is 5.92. The largest absolute Gasteiger partial charge is 0.493 e. The number of hydrogen-bond donors (Lipinski definition) is 0. The van der Waals surface area contributed by atoms with Crippen molar-refractivity contribution in [3.05, 3.63) is 119 Å². The van der Waals surface area contributed by atoms with Gasteiger partial charge in [-0.2, -0.15) is 0 Å². The first-order chi connectivity index (χ1) is 18.7. The fourth-order valence-corrected chi connectivity index (χ4v) is 5.55. The Bertz CT molecular complexity index is 1430. The maximum atomic E-state index is 5.53. The van der Waals surface area contributed by atoms with E-state index >= 15 is 0 Å². The standard InChI is InChI=1S/C33H33N3O2/c1-37-31-20-26-17-19-35(23-28(26)21-32(31)38-2)18-16-24-12-14-29(15-13-24)36-30-11-7-6-10-27(30)22-34-33(36)25-8-4-3-5-9-25/h3-15,20-22,33H,16-19,23H2,1-2H3. The molecule has 0 aliphatic carbocycles. The summed E-state index contributed by atoms with van der Waals surface area (Å²) < 4.78 is 11.0. The molecule has 0 radical (unpaired) electrons. The van der Waals surface area contributed by atoms with Crippen LogP contribution in [0.1, 0.15) is 34.0 Å². The Morgan fingerprint density at radius 2 is 1.53 bits per heavy atom. The smallest absolute Gasteiger partial charge is 0.161 e. The summed E-state index contributed by atoms with van der Waals surface area (Å²) in [4.78, 5) is 9.81. The number of rotatable bonds is 7. The Morgan fingerprint density at radius 3 is 2.29 bits per heavy atom. The van der Waals surface area contributed by atoms with E-state index in [1.807, 2.05) is 6.21 Å². The van der Waals surface area contributed by atoms with Crippen LogP contribution >= 0.6 is 0 Å². The quantitative estimate of drug-likeness (QED) is 0.286. The molecule has 4 aromatic rings. The lowest BCUT2D eigenvalue weighted by Crippen LogP contribution is -2.32. The molecule has 0 aromatic heterocycles. The zero-order valence-corrected chi connectivity index (χ0v) is 22.0. The molecule has 1 atom stereocenters. The molecule has 2 aliphatic heterocycles. The van der Waals surface area contributed by atoms with Crippen LogP contribution in [-0.2, 0) is 19.4 Å². The zero-order valence-electron chi connectivity index (χ0n) is 22.0. The van der Waals surface area contributed by atoms with Gasteiger partial charge in [0.1, 0.15) is 0 Å². The van der Waals surface area contributed by atoms with Gasteiger partial charge in [-0.05, 0) is 65.4 Å². The Morgan fingerprint density at radius 1 is 0.816 bits per heavy atom. The van der Waals surface area contributed by atoms with Gasteiger partial charge in [-0.25, -0.2) is 0 Å². The van der Waals surface area contributed by atoms with Crippen molar-refractivity contribution in [3.8, 4) is 11.5 Å². The van der Waals surface area contributed by atoms with Gasteiger partial charge in [0.05, 0.1) is 19.9 Å². The van der Waals surface area contributed by atoms with E-state index < -0.39 is 0 Å². The number of nitrogens with zero attached hydrogens (tertiary/aromatic N) is 3. The number of aliphatic imine (C=N–C) groups is 1. The van der Waals surface area contributed by atoms with E-state index in [4.69, 9.17) is 14.5 Å². The van der Waals surface area contributed by atoms with Gasteiger partial charge in [-0.15, -0.1) is 0 Å². The first-order valence-electron chi connectivity index (χ1n) is 13.2. The molecule has 5 heteroatoms. The van der Waals surface area contributed by atoms with Crippen LogP contribution in [-0.4, -0.2) is 38.4 Å². The minimum Gasteiger partial charge on any atom is -0.493 e. The molecular formula is C33H33N3O2. The van der Waals surface area contributed by atoms with Gasteiger partial charge >= 0.3 is 0 Å². The molecule has 0 fully saturated rings. The molecular weight excluding hydrogens is 470 g/mol. The van der Waals surface area contributed by atoms with Crippen LogP contribution in [0, 0.1) is 0 Å². The summed E-state index contributed by atoms with van der Waals surface area (Å²) in [6, 6.07) is 32.3. The molecule has 5 nitrogen and oxygen atoms in total. The summed E-state index contributed by atoms with van der Waals surface area (Å²) in [5.74, 6) is 1.62. The minimum atomic E-state index is -0.0824. The maximum Gasteiger partial charge on any atom is 0.161 e. The molecule has 0 spiro atoms. The fraction of sp³-hybridized carbons (Fsp3) is 0.242. The number of ether oxygens (including phenoxy) is 2. The number of anilines is 2. The number of methoxy groups -OCH3 is 2. The molecule has 0 saturated carbocycles. The molecule has 0 saturated heterocycles. The van der Waals surface area contributed by atoms with Crippen molar-refractivity contribution >= 4 is 17.6 Å². The predicted molar refractivity (Wildman–Crippen MR) is 154 cm³/mol. The molecule has 192 valence electrons. The van der Waals surface area contributed by atoms with E-state index in [0.29, 0.717) is 0 Å². The second-order valence-corrected chi connectivity index (χ2v) is 9.91. The van der Waals surface area contributed by atoms with Crippen LogP contribution in [0.15, 0.2) is 96.0 Å². The molecule has 2 heterocycles. The highest BCUT2D eigenvalue weighted by atomic mass is 16.5. The van der Waals surface area contributed by atoms with E-state index in [-0.39, 0.29) is 6.17 Å². The summed E-state index contributed by atoms with van der Waals surface area (Å²) in [7, 11) is 3.40. The molecule has 6 rings (SSSR count). The molecule has 1 unspecified atom stereocenters. The topological polar surface area (TPSA) is 37.3 Å². The SMILES string of the molecule is COc1cc2c(cc1OC)CN(CCc1ccc(N3c4ccccc4C=NC3c3ccccc3)cc1)CC2. The molecule has 38 heavy (non-hydrogen) atoms. The summed E-state index contributed by atoms with van der Waals surface area (Å²) in [6.45, 7) is 3.02. The van der Waals surface area contributed by atoms with Gasteiger partial charge in [0.15, 0.2) is 17.7 Å². The summed E-state index contributed by atoms with van der Waals surface area (Å²) in [5.41, 5.74) is 8.70. The van der Waals surface area contributed by atoms with Crippen molar-refractivity contribution in [2.45, 2.75) is 25.6 Å². The Kier molecular flexibility index (Phi) is 6.84. The zero-order chi connectivity index (χ0) is 25.9. The lowest BCUT2D eigenvalue weighted by Gasteiger charge is -2.35. The van der Waals surface area contributed by atoms with Crippen LogP contribution in [0.25, 0.3) is 0 Å². The van der Waals surface area contributed by atoms with Crippen molar-refractivity contribution in [2.75, 3.05) is 32.2 Å². The van der Waals surface area contributed by atoms with Gasteiger partial charge in [-0.1, -0.05) is 60.7 Å². The van der Waals surface area contributed by atoms with E-state index in [9.17, 15) is 0 Å². The van der Waals surface area contributed by atoms with Gasteiger partial charge in [0.2, 0.25) is 0 Å². The third-order valence-electron chi connectivity index (χ3n) is 7.62. The van der Waals surface area contributed by atoms with Crippen molar-refractivity contribution in [2.24, 2.45) is 4.99 Å². The number of para-hydroxylation sites is 1. The third kappa shape index (κ3) is 4.77. The highest BCUT2D eigenvalue weighted by Gasteiger charge is 2.26. The summed E-state index contributed by atoms with van der Waals surface area (Å²) >= 11 is 0. The normalized spacial score (nSPS) is 16.6. The second kappa shape index (κ2) is 10.7. The third-order valence-corrected chi connectivity index (χ3v) is 7.62. The monoisotopic (exact) mass is 503 g/mol. The van der Waals surface area contributed by atoms with Gasteiger partial charge in [0, 0.05) is 37.1 Å². The van der Waals surface area contributed by atoms with E-state index in [2.05, 4.69) is 101 Å². The lowest BCUT2D eigenvalue weighted by atomic mass is 9.98. The minimum absolute atomic E-state index is 0.0824. The Labute approximate surface area is 225 Å². The molecule has 4 aromatic carbocycles. The summed E-state index contributed by atoms with van der Waals surface area (Å²) in [6.07, 6.45) is 3.96. The van der Waals surface area contributed by atoms with Gasteiger partial charge in [0.25, 0.3) is 0 Å². The first kappa shape index (κ1) is 24.3.